The number of quaternary nitrogens is 1. The number of nitrogens with two attached hydrogens (primary N) is 1. The van der Waals surface area contributed by atoms with Crippen molar-refractivity contribution in [2.24, 2.45) is 0 Å². The first-order valence-electron chi connectivity index (χ1n) is 9.30. The minimum absolute atomic E-state index is 0.199. The summed E-state index contributed by atoms with van der Waals surface area (Å²) in [5, 5.41) is 3.36. The van der Waals surface area contributed by atoms with E-state index < -0.39 is 0 Å². The van der Waals surface area contributed by atoms with Crippen molar-refractivity contribution >= 4 is 28.0 Å². The van der Waals surface area contributed by atoms with Crippen LogP contribution >= 0.6 is 0 Å². The fraction of sp³-hybridized carbons (Fsp3) is 0.526. The van der Waals surface area contributed by atoms with Crippen LogP contribution in [0.4, 0.5) is 5.82 Å². The van der Waals surface area contributed by atoms with Crippen molar-refractivity contribution in [1.29, 1.82) is 0 Å². The third-order valence-corrected chi connectivity index (χ3v) is 5.52. The topological polar surface area (TPSA) is 80.9 Å². The number of hydrogen-bond acceptors (Lipinski definition) is 6. The number of anilines is 1. The average molecular weight is 354 g/mol. The molecule has 26 heavy (non-hydrogen) atoms. The fourth-order valence-electron chi connectivity index (χ4n) is 4.14. The Kier molecular flexibility index (Phi) is 3.45. The molecule has 5 heterocycles. The summed E-state index contributed by atoms with van der Waals surface area (Å²) < 4.78 is 12.2. The Morgan fingerprint density at radius 1 is 1.15 bits per heavy atom. The lowest BCUT2D eigenvalue weighted by atomic mass is 9.89. The van der Waals surface area contributed by atoms with Gasteiger partial charge in [-0.25, -0.2) is 15.0 Å². The first-order valence-corrected chi connectivity index (χ1v) is 9.30. The Morgan fingerprint density at radius 2 is 1.96 bits per heavy atom. The zero-order valence-electron chi connectivity index (χ0n) is 15.5. The first kappa shape index (κ1) is 16.0. The summed E-state index contributed by atoms with van der Waals surface area (Å²) in [4.78, 5) is 16.1. The number of hydrogen-bond donors (Lipinski definition) is 1. The van der Waals surface area contributed by atoms with Gasteiger partial charge in [0.15, 0.2) is 11.4 Å². The van der Waals surface area contributed by atoms with E-state index in [1.807, 2.05) is 6.92 Å². The minimum Gasteiger partial charge on any atom is -0.432 e. The van der Waals surface area contributed by atoms with E-state index in [0.717, 1.165) is 60.6 Å². The maximum Gasteiger partial charge on any atom is 0.229 e. The van der Waals surface area contributed by atoms with Gasteiger partial charge in [-0.15, -0.1) is 0 Å². The van der Waals surface area contributed by atoms with Crippen LogP contribution in [-0.2, 0) is 17.8 Å². The molecule has 0 saturated carbocycles. The summed E-state index contributed by atoms with van der Waals surface area (Å²) >= 11 is 0. The standard InChI is InChI=1S/C19H23N5O2/c1-11-13-9-25-19(2,3)8-12(13)14-15-16(26-18(14)23-11)17(22-10-21-15)24-6-4-20-5-7-24/h10,20H,4-9H2,1-3H3/p+1. The zero-order chi connectivity index (χ0) is 17.9. The summed E-state index contributed by atoms with van der Waals surface area (Å²) in [6.07, 6.45) is 2.48. The smallest absolute Gasteiger partial charge is 0.229 e. The maximum atomic E-state index is 6.22. The van der Waals surface area contributed by atoms with Gasteiger partial charge in [-0.1, -0.05) is 0 Å². The SMILES string of the molecule is Cc1nc2oc3c(N4CC[NH2+]CC4)ncnc3c2c2c1COC(C)(C)C2. The number of piperazine rings is 1. The summed E-state index contributed by atoms with van der Waals surface area (Å²) in [5.41, 5.74) is 5.51. The second-order valence-electron chi connectivity index (χ2n) is 7.89. The summed E-state index contributed by atoms with van der Waals surface area (Å²) in [7, 11) is 0. The van der Waals surface area contributed by atoms with Crippen molar-refractivity contribution in [1.82, 2.24) is 15.0 Å². The molecule has 1 fully saturated rings. The van der Waals surface area contributed by atoms with Crippen molar-refractivity contribution in [2.75, 3.05) is 31.1 Å². The van der Waals surface area contributed by atoms with Gasteiger partial charge in [0.1, 0.15) is 11.8 Å². The second kappa shape index (κ2) is 5.62. The highest BCUT2D eigenvalue weighted by Crippen LogP contribution is 2.39. The summed E-state index contributed by atoms with van der Waals surface area (Å²) in [6.45, 7) is 11.0. The molecule has 0 radical (unpaired) electrons. The quantitative estimate of drug-likeness (QED) is 0.710. The summed E-state index contributed by atoms with van der Waals surface area (Å²) in [5.74, 6) is 0.888. The third kappa shape index (κ3) is 2.38. The molecule has 0 amide bonds. The van der Waals surface area contributed by atoms with E-state index in [4.69, 9.17) is 14.1 Å². The molecule has 0 atom stereocenters. The van der Waals surface area contributed by atoms with Crippen molar-refractivity contribution < 1.29 is 14.5 Å². The number of fused-ring (bicyclic) bond motifs is 5. The van der Waals surface area contributed by atoms with Gasteiger partial charge in [-0.2, -0.15) is 0 Å². The van der Waals surface area contributed by atoms with Gasteiger partial charge >= 0.3 is 0 Å². The zero-order valence-corrected chi connectivity index (χ0v) is 15.5. The molecule has 0 aromatic carbocycles. The van der Waals surface area contributed by atoms with E-state index in [1.54, 1.807) is 6.33 Å². The van der Waals surface area contributed by atoms with Gasteiger partial charge in [0.2, 0.25) is 5.71 Å². The van der Waals surface area contributed by atoms with E-state index in [1.165, 1.54) is 11.1 Å². The van der Waals surface area contributed by atoms with Gasteiger partial charge in [-0.05, 0) is 26.3 Å². The molecule has 7 heteroatoms. The molecule has 0 spiro atoms. The molecule has 2 aliphatic heterocycles. The predicted molar refractivity (Wildman–Crippen MR) is 98.3 cm³/mol. The van der Waals surface area contributed by atoms with Gasteiger partial charge in [0.05, 0.1) is 43.8 Å². The minimum atomic E-state index is -0.199. The predicted octanol–water partition coefficient (Wildman–Crippen LogP) is 1.31. The highest BCUT2D eigenvalue weighted by atomic mass is 16.5. The maximum absolute atomic E-state index is 6.22. The number of nitrogens with zero attached hydrogens (tertiary/aromatic N) is 4. The normalized spacial score (nSPS) is 19.9. The Labute approximate surface area is 151 Å². The van der Waals surface area contributed by atoms with Crippen molar-refractivity contribution in [3.63, 3.8) is 0 Å². The van der Waals surface area contributed by atoms with Crippen LogP contribution < -0.4 is 10.2 Å². The lowest BCUT2D eigenvalue weighted by Crippen LogP contribution is -2.89. The van der Waals surface area contributed by atoms with Crippen LogP contribution in [0.3, 0.4) is 0 Å². The van der Waals surface area contributed by atoms with Crippen molar-refractivity contribution in [3.05, 3.63) is 23.1 Å². The average Bonchev–Trinajstić information content (AvgIpc) is 2.99. The lowest BCUT2D eigenvalue weighted by Gasteiger charge is -2.32. The van der Waals surface area contributed by atoms with Gasteiger partial charge in [0.25, 0.3) is 0 Å². The largest absolute Gasteiger partial charge is 0.432 e. The molecule has 1 saturated heterocycles. The lowest BCUT2D eigenvalue weighted by molar-refractivity contribution is -0.655. The Balaban J connectivity index is 1.78. The number of aromatic nitrogens is 3. The van der Waals surface area contributed by atoms with E-state index in [-0.39, 0.29) is 5.60 Å². The number of furan rings is 1. The van der Waals surface area contributed by atoms with Crippen LogP contribution in [0.2, 0.25) is 0 Å². The summed E-state index contributed by atoms with van der Waals surface area (Å²) in [6, 6.07) is 0. The molecule has 3 aromatic heterocycles. The van der Waals surface area contributed by atoms with Crippen LogP contribution in [0.15, 0.2) is 10.7 Å². The Morgan fingerprint density at radius 3 is 2.77 bits per heavy atom. The molecule has 0 bridgehead atoms. The molecule has 0 unspecified atom stereocenters. The highest BCUT2D eigenvalue weighted by molar-refractivity contribution is 6.06. The molecule has 7 nitrogen and oxygen atoms in total. The first-order chi connectivity index (χ1) is 12.5. The molecule has 2 N–H and O–H groups in total. The molecule has 5 rings (SSSR count). The number of rotatable bonds is 1. The van der Waals surface area contributed by atoms with Gasteiger partial charge in [0, 0.05) is 17.7 Å². The van der Waals surface area contributed by atoms with Crippen LogP contribution in [0, 0.1) is 6.92 Å². The number of ether oxygens (including phenoxy) is 1. The number of pyridine rings is 1. The Bertz CT molecular complexity index is 1000. The van der Waals surface area contributed by atoms with Crippen LogP contribution in [0.5, 0.6) is 0 Å². The van der Waals surface area contributed by atoms with E-state index in [0.29, 0.717) is 12.3 Å². The number of aryl methyl sites for hydroxylation is 1. The fourth-order valence-corrected chi connectivity index (χ4v) is 4.14. The van der Waals surface area contributed by atoms with Crippen molar-refractivity contribution in [2.45, 2.75) is 39.4 Å². The van der Waals surface area contributed by atoms with Crippen LogP contribution in [-0.4, -0.2) is 46.7 Å². The van der Waals surface area contributed by atoms with Crippen LogP contribution in [0.1, 0.15) is 30.7 Å². The molecule has 3 aromatic rings. The molecular weight excluding hydrogens is 330 g/mol. The van der Waals surface area contributed by atoms with Gasteiger partial charge < -0.3 is 19.4 Å². The third-order valence-electron chi connectivity index (χ3n) is 5.52. The van der Waals surface area contributed by atoms with Gasteiger partial charge in [-0.3, -0.25) is 0 Å². The molecule has 2 aliphatic rings. The second-order valence-corrected chi connectivity index (χ2v) is 7.89. The molecule has 136 valence electrons. The van der Waals surface area contributed by atoms with Crippen LogP contribution in [0.25, 0.3) is 22.2 Å². The Hall–Kier alpha value is -2.25. The van der Waals surface area contributed by atoms with E-state index in [9.17, 15) is 0 Å². The van der Waals surface area contributed by atoms with E-state index in [2.05, 4.69) is 34.0 Å². The monoisotopic (exact) mass is 354 g/mol. The van der Waals surface area contributed by atoms with Crippen molar-refractivity contribution in [3.8, 4) is 0 Å². The molecule has 0 aliphatic carbocycles. The van der Waals surface area contributed by atoms with E-state index >= 15 is 0 Å². The molecular formula is C19H24N5O2+. The highest BCUT2D eigenvalue weighted by Gasteiger charge is 2.32.